The third kappa shape index (κ3) is 4.56. The second kappa shape index (κ2) is 6.39. The zero-order valence-corrected chi connectivity index (χ0v) is 10.7. The third-order valence-corrected chi connectivity index (χ3v) is 2.67. The average Bonchev–Trinajstić information content (AvgIpc) is 2.62. The average molecular weight is 239 g/mol. The molecule has 5 heteroatoms. The molecular weight excluding hydrogens is 218 g/mol. The van der Waals surface area contributed by atoms with Crippen molar-refractivity contribution >= 4 is 5.97 Å². The van der Waals surface area contributed by atoms with E-state index in [1.54, 1.807) is 6.20 Å². The lowest BCUT2D eigenvalue weighted by Gasteiger charge is -2.16. The SMILES string of the molecule is Cc1nccn1CCNC(CC(C)C)C(=O)O. The molecule has 0 aliphatic rings. The molecular formula is C12H21N3O2. The summed E-state index contributed by atoms with van der Waals surface area (Å²) in [5.41, 5.74) is 0. The number of carbonyl (C=O) groups is 1. The summed E-state index contributed by atoms with van der Waals surface area (Å²) >= 11 is 0. The largest absolute Gasteiger partial charge is 0.480 e. The highest BCUT2D eigenvalue weighted by Crippen LogP contribution is 2.04. The van der Waals surface area contributed by atoms with Crippen molar-refractivity contribution in [2.24, 2.45) is 5.92 Å². The van der Waals surface area contributed by atoms with Gasteiger partial charge in [-0.1, -0.05) is 13.8 Å². The Morgan fingerprint density at radius 3 is 2.76 bits per heavy atom. The molecule has 0 aliphatic heterocycles. The minimum atomic E-state index is -0.777. The molecule has 0 saturated heterocycles. The maximum Gasteiger partial charge on any atom is 0.320 e. The lowest BCUT2D eigenvalue weighted by Crippen LogP contribution is -2.39. The third-order valence-electron chi connectivity index (χ3n) is 2.67. The topological polar surface area (TPSA) is 67.2 Å². The first-order valence-electron chi connectivity index (χ1n) is 5.94. The molecule has 1 rings (SSSR count). The number of carboxylic acid groups (broad SMARTS) is 1. The predicted octanol–water partition coefficient (Wildman–Crippen LogP) is 1.28. The number of hydrogen-bond acceptors (Lipinski definition) is 3. The van der Waals surface area contributed by atoms with Crippen molar-refractivity contribution in [1.29, 1.82) is 0 Å². The Morgan fingerprint density at radius 1 is 1.59 bits per heavy atom. The lowest BCUT2D eigenvalue weighted by atomic mass is 10.0. The zero-order chi connectivity index (χ0) is 12.8. The van der Waals surface area contributed by atoms with Crippen LogP contribution in [0.25, 0.3) is 0 Å². The van der Waals surface area contributed by atoms with E-state index in [0.29, 0.717) is 18.9 Å². The maximum absolute atomic E-state index is 11.0. The number of rotatable bonds is 7. The highest BCUT2D eigenvalue weighted by Gasteiger charge is 2.17. The molecule has 0 aromatic carbocycles. The molecule has 0 amide bonds. The van der Waals surface area contributed by atoms with Gasteiger partial charge < -0.3 is 15.0 Å². The minimum absolute atomic E-state index is 0.374. The maximum atomic E-state index is 11.0. The number of nitrogens with zero attached hydrogens (tertiary/aromatic N) is 2. The first kappa shape index (κ1) is 13.7. The van der Waals surface area contributed by atoms with Gasteiger partial charge in [-0.05, 0) is 19.3 Å². The summed E-state index contributed by atoms with van der Waals surface area (Å²) < 4.78 is 2.00. The molecule has 1 aromatic heterocycles. The van der Waals surface area contributed by atoms with Crippen LogP contribution in [0.3, 0.4) is 0 Å². The van der Waals surface area contributed by atoms with Gasteiger partial charge in [0.25, 0.3) is 0 Å². The molecule has 0 saturated carbocycles. The van der Waals surface area contributed by atoms with Crippen molar-refractivity contribution in [2.45, 2.75) is 39.8 Å². The highest BCUT2D eigenvalue weighted by molar-refractivity contribution is 5.73. The minimum Gasteiger partial charge on any atom is -0.480 e. The molecule has 0 spiro atoms. The van der Waals surface area contributed by atoms with Gasteiger partial charge in [0.1, 0.15) is 11.9 Å². The Morgan fingerprint density at radius 2 is 2.29 bits per heavy atom. The van der Waals surface area contributed by atoms with E-state index in [2.05, 4.69) is 10.3 Å². The van der Waals surface area contributed by atoms with E-state index in [4.69, 9.17) is 5.11 Å². The monoisotopic (exact) mass is 239 g/mol. The van der Waals surface area contributed by atoms with Crippen molar-refractivity contribution in [3.63, 3.8) is 0 Å². The molecule has 1 heterocycles. The van der Waals surface area contributed by atoms with Crippen molar-refractivity contribution in [3.8, 4) is 0 Å². The Hall–Kier alpha value is -1.36. The Bertz CT molecular complexity index is 360. The summed E-state index contributed by atoms with van der Waals surface area (Å²) in [6, 6.07) is -0.459. The van der Waals surface area contributed by atoms with Crippen LogP contribution in [0.4, 0.5) is 0 Å². The Balaban J connectivity index is 2.37. The van der Waals surface area contributed by atoms with Crippen molar-refractivity contribution in [3.05, 3.63) is 18.2 Å². The van der Waals surface area contributed by atoms with Gasteiger partial charge >= 0.3 is 5.97 Å². The fraction of sp³-hybridized carbons (Fsp3) is 0.667. The van der Waals surface area contributed by atoms with E-state index in [9.17, 15) is 4.79 Å². The fourth-order valence-electron chi connectivity index (χ4n) is 1.74. The normalized spacial score (nSPS) is 12.9. The molecule has 96 valence electrons. The molecule has 0 fully saturated rings. The highest BCUT2D eigenvalue weighted by atomic mass is 16.4. The van der Waals surface area contributed by atoms with E-state index in [1.807, 2.05) is 31.5 Å². The van der Waals surface area contributed by atoms with Gasteiger partial charge in [0.15, 0.2) is 0 Å². The van der Waals surface area contributed by atoms with Crippen LogP contribution in [-0.2, 0) is 11.3 Å². The predicted molar refractivity (Wildman–Crippen MR) is 65.8 cm³/mol. The number of carboxylic acids is 1. The van der Waals surface area contributed by atoms with Crippen molar-refractivity contribution in [1.82, 2.24) is 14.9 Å². The summed E-state index contributed by atoms with van der Waals surface area (Å²) in [5, 5.41) is 12.1. The Kier molecular flexibility index (Phi) is 5.15. The standard InChI is InChI=1S/C12H21N3O2/c1-9(2)8-11(12(16)17)14-5-7-15-6-4-13-10(15)3/h4,6,9,11,14H,5,7-8H2,1-3H3,(H,16,17). The summed E-state index contributed by atoms with van der Waals surface area (Å²) in [7, 11) is 0. The number of nitrogens with one attached hydrogen (secondary N) is 1. The van der Waals surface area contributed by atoms with E-state index in [-0.39, 0.29) is 0 Å². The molecule has 0 bridgehead atoms. The van der Waals surface area contributed by atoms with Gasteiger partial charge in [-0.3, -0.25) is 4.79 Å². The second-order valence-corrected chi connectivity index (χ2v) is 4.64. The van der Waals surface area contributed by atoms with E-state index in [1.165, 1.54) is 0 Å². The quantitative estimate of drug-likeness (QED) is 0.752. The zero-order valence-electron chi connectivity index (χ0n) is 10.7. The first-order chi connectivity index (χ1) is 8.00. The molecule has 1 atom stereocenters. The van der Waals surface area contributed by atoms with Crippen LogP contribution >= 0.6 is 0 Å². The van der Waals surface area contributed by atoms with Gasteiger partial charge in [-0.2, -0.15) is 0 Å². The van der Waals surface area contributed by atoms with Crippen molar-refractivity contribution in [2.75, 3.05) is 6.54 Å². The van der Waals surface area contributed by atoms with Crippen LogP contribution in [0.1, 0.15) is 26.1 Å². The number of aryl methyl sites for hydroxylation is 1. The van der Waals surface area contributed by atoms with Crippen LogP contribution in [0.15, 0.2) is 12.4 Å². The van der Waals surface area contributed by atoms with E-state index in [0.717, 1.165) is 12.4 Å². The Labute approximate surface area is 102 Å². The smallest absolute Gasteiger partial charge is 0.320 e. The molecule has 1 aromatic rings. The fourth-order valence-corrected chi connectivity index (χ4v) is 1.74. The van der Waals surface area contributed by atoms with Crippen LogP contribution in [0.5, 0.6) is 0 Å². The molecule has 0 aliphatic carbocycles. The molecule has 2 N–H and O–H groups in total. The van der Waals surface area contributed by atoms with Crippen LogP contribution in [0.2, 0.25) is 0 Å². The van der Waals surface area contributed by atoms with Gasteiger partial charge in [0, 0.05) is 25.5 Å². The number of aromatic nitrogens is 2. The van der Waals surface area contributed by atoms with E-state index >= 15 is 0 Å². The lowest BCUT2D eigenvalue weighted by molar-refractivity contribution is -0.139. The summed E-state index contributed by atoms with van der Waals surface area (Å²) in [4.78, 5) is 15.1. The number of imidazole rings is 1. The summed E-state index contributed by atoms with van der Waals surface area (Å²) in [5.74, 6) is 0.544. The first-order valence-corrected chi connectivity index (χ1v) is 5.94. The molecule has 17 heavy (non-hydrogen) atoms. The van der Waals surface area contributed by atoms with Gasteiger partial charge in [-0.25, -0.2) is 4.98 Å². The van der Waals surface area contributed by atoms with Crippen LogP contribution in [-0.4, -0.2) is 33.2 Å². The molecule has 1 unspecified atom stereocenters. The van der Waals surface area contributed by atoms with Gasteiger partial charge in [0.2, 0.25) is 0 Å². The number of aliphatic carboxylic acids is 1. The van der Waals surface area contributed by atoms with Crippen molar-refractivity contribution < 1.29 is 9.90 Å². The van der Waals surface area contributed by atoms with Gasteiger partial charge in [-0.15, -0.1) is 0 Å². The van der Waals surface area contributed by atoms with Crippen LogP contribution < -0.4 is 5.32 Å². The van der Waals surface area contributed by atoms with Crippen LogP contribution in [0, 0.1) is 12.8 Å². The summed E-state index contributed by atoms with van der Waals surface area (Å²) in [6.07, 6.45) is 4.30. The summed E-state index contributed by atoms with van der Waals surface area (Å²) in [6.45, 7) is 7.37. The van der Waals surface area contributed by atoms with Gasteiger partial charge in [0.05, 0.1) is 0 Å². The van der Waals surface area contributed by atoms with E-state index < -0.39 is 12.0 Å². The second-order valence-electron chi connectivity index (χ2n) is 4.64. The number of hydrogen-bond donors (Lipinski definition) is 2. The molecule has 0 radical (unpaired) electrons. The molecule has 5 nitrogen and oxygen atoms in total.